The first kappa shape index (κ1) is 9.80. The molecule has 0 radical (unpaired) electrons. The van der Waals surface area contributed by atoms with Gasteiger partial charge in [0.15, 0.2) is 5.72 Å². The predicted molar refractivity (Wildman–Crippen MR) is 53.9 cm³/mol. The van der Waals surface area contributed by atoms with E-state index in [1.54, 1.807) is 0 Å². The Hall–Kier alpha value is -1.40. The molecule has 6 heteroatoms. The van der Waals surface area contributed by atoms with E-state index in [1.165, 1.54) is 16.8 Å². The van der Waals surface area contributed by atoms with E-state index >= 15 is 0 Å². The summed E-state index contributed by atoms with van der Waals surface area (Å²) in [7, 11) is 0. The van der Waals surface area contributed by atoms with Crippen molar-refractivity contribution in [2.45, 2.75) is 12.1 Å². The molecule has 0 amide bonds. The number of aromatic nitrogens is 2. The van der Waals surface area contributed by atoms with Crippen LogP contribution in [0.15, 0.2) is 21.9 Å². The van der Waals surface area contributed by atoms with E-state index in [-0.39, 0.29) is 18.4 Å². The van der Waals surface area contributed by atoms with Crippen molar-refractivity contribution in [3.63, 3.8) is 0 Å². The summed E-state index contributed by atoms with van der Waals surface area (Å²) in [5.41, 5.74) is -1.48. The molecule has 1 aliphatic heterocycles. The van der Waals surface area contributed by atoms with Crippen LogP contribution in [-0.4, -0.2) is 27.9 Å². The van der Waals surface area contributed by atoms with Gasteiger partial charge in [0.1, 0.15) is 0 Å². The van der Waals surface area contributed by atoms with Gasteiger partial charge in [-0.25, -0.2) is 4.79 Å². The lowest BCUT2D eigenvalue weighted by Crippen LogP contribution is -2.36. The fourth-order valence-electron chi connectivity index (χ4n) is 2.57. The summed E-state index contributed by atoms with van der Waals surface area (Å²) in [5, 5.41) is 9.11. The highest BCUT2D eigenvalue weighted by Crippen LogP contribution is 2.59. The molecule has 6 nitrogen and oxygen atoms in total. The standard InChI is InChI=1S/C10H12N2O4/c13-4-6-5-16-10(3-7(6)10)12-2-1-8(14)11-9(12)15/h1-2,6-7,13H,3-5H2,(H,11,14,15)/t6-,7+,10+/m0/s1. The molecule has 1 saturated carbocycles. The van der Waals surface area contributed by atoms with E-state index < -0.39 is 17.0 Å². The second-order valence-corrected chi connectivity index (χ2v) is 4.39. The zero-order valence-electron chi connectivity index (χ0n) is 8.55. The molecule has 16 heavy (non-hydrogen) atoms. The fraction of sp³-hybridized carbons (Fsp3) is 0.600. The number of ether oxygens (including phenoxy) is 1. The predicted octanol–water partition coefficient (Wildman–Crippen LogP) is -1.15. The minimum atomic E-state index is -0.616. The summed E-state index contributed by atoms with van der Waals surface area (Å²) in [5.74, 6) is 0.278. The molecular weight excluding hydrogens is 212 g/mol. The summed E-state index contributed by atoms with van der Waals surface area (Å²) in [4.78, 5) is 24.8. The van der Waals surface area contributed by atoms with Gasteiger partial charge in [0.2, 0.25) is 0 Å². The molecule has 3 atom stereocenters. The van der Waals surface area contributed by atoms with E-state index in [2.05, 4.69) is 4.98 Å². The van der Waals surface area contributed by atoms with Gasteiger partial charge in [-0.05, 0) is 0 Å². The van der Waals surface area contributed by atoms with Gasteiger partial charge in [-0.1, -0.05) is 0 Å². The Labute approximate surface area is 90.5 Å². The maximum atomic E-state index is 11.6. The Morgan fingerprint density at radius 2 is 2.44 bits per heavy atom. The van der Waals surface area contributed by atoms with Crippen molar-refractivity contribution < 1.29 is 9.84 Å². The quantitative estimate of drug-likeness (QED) is 0.664. The highest BCUT2D eigenvalue weighted by Gasteiger charge is 2.65. The molecule has 0 bridgehead atoms. The van der Waals surface area contributed by atoms with E-state index in [0.29, 0.717) is 6.61 Å². The molecule has 1 aliphatic carbocycles. The third kappa shape index (κ3) is 1.14. The normalized spacial score (nSPS) is 36.1. The summed E-state index contributed by atoms with van der Waals surface area (Å²) in [6.45, 7) is 0.539. The lowest BCUT2D eigenvalue weighted by molar-refractivity contribution is -0.00384. The average molecular weight is 224 g/mol. The Bertz CT molecular complexity index is 534. The number of nitrogens with zero attached hydrogens (tertiary/aromatic N) is 1. The van der Waals surface area contributed by atoms with Crippen LogP contribution in [0.2, 0.25) is 0 Å². The Kier molecular flexibility index (Phi) is 1.87. The zero-order valence-corrected chi connectivity index (χ0v) is 8.55. The molecule has 2 N–H and O–H groups in total. The van der Waals surface area contributed by atoms with Crippen LogP contribution in [0.1, 0.15) is 6.42 Å². The van der Waals surface area contributed by atoms with Crippen molar-refractivity contribution in [3.05, 3.63) is 33.1 Å². The molecule has 1 aromatic heterocycles. The van der Waals surface area contributed by atoms with Gasteiger partial charge in [0, 0.05) is 37.1 Å². The molecule has 86 valence electrons. The first-order valence-electron chi connectivity index (χ1n) is 5.25. The average Bonchev–Trinajstić information content (AvgIpc) is 2.86. The largest absolute Gasteiger partial charge is 0.396 e. The van der Waals surface area contributed by atoms with Crippen LogP contribution < -0.4 is 11.2 Å². The van der Waals surface area contributed by atoms with Gasteiger partial charge >= 0.3 is 5.69 Å². The van der Waals surface area contributed by atoms with Gasteiger partial charge in [-0.2, -0.15) is 0 Å². The SMILES string of the molecule is O=c1ccn([C@@]23C[C@@H]2[C@@H](CO)CO3)c(=O)[nH]1. The van der Waals surface area contributed by atoms with Gasteiger partial charge in [-0.3, -0.25) is 14.3 Å². The number of aliphatic hydroxyl groups is 1. The lowest BCUT2D eigenvalue weighted by atomic mass is 10.1. The maximum absolute atomic E-state index is 11.6. The van der Waals surface area contributed by atoms with E-state index in [1.807, 2.05) is 0 Å². The van der Waals surface area contributed by atoms with Crippen molar-refractivity contribution in [2.75, 3.05) is 13.2 Å². The minimum absolute atomic E-state index is 0.0739. The van der Waals surface area contributed by atoms with Crippen LogP contribution in [0.25, 0.3) is 0 Å². The molecule has 2 aliphatic rings. The van der Waals surface area contributed by atoms with Crippen LogP contribution in [0.3, 0.4) is 0 Å². The number of rotatable bonds is 2. The van der Waals surface area contributed by atoms with Crippen molar-refractivity contribution in [1.29, 1.82) is 0 Å². The molecule has 0 spiro atoms. The molecule has 0 aromatic carbocycles. The van der Waals surface area contributed by atoms with Crippen molar-refractivity contribution in [1.82, 2.24) is 9.55 Å². The molecule has 2 fully saturated rings. The van der Waals surface area contributed by atoms with Gasteiger partial charge in [0.25, 0.3) is 5.56 Å². The van der Waals surface area contributed by atoms with Crippen LogP contribution >= 0.6 is 0 Å². The third-order valence-corrected chi connectivity index (χ3v) is 3.51. The van der Waals surface area contributed by atoms with Crippen LogP contribution in [-0.2, 0) is 10.5 Å². The summed E-state index contributed by atoms with van der Waals surface area (Å²) < 4.78 is 7.03. The van der Waals surface area contributed by atoms with E-state index in [4.69, 9.17) is 9.84 Å². The van der Waals surface area contributed by atoms with Crippen molar-refractivity contribution >= 4 is 0 Å². The molecule has 1 saturated heterocycles. The van der Waals surface area contributed by atoms with E-state index in [0.717, 1.165) is 6.42 Å². The fourth-order valence-corrected chi connectivity index (χ4v) is 2.57. The maximum Gasteiger partial charge on any atom is 0.330 e. The van der Waals surface area contributed by atoms with Gasteiger partial charge in [0.05, 0.1) is 6.61 Å². The number of hydrogen-bond acceptors (Lipinski definition) is 4. The number of aromatic amines is 1. The van der Waals surface area contributed by atoms with E-state index in [9.17, 15) is 9.59 Å². The molecule has 0 unspecified atom stereocenters. The monoisotopic (exact) mass is 224 g/mol. The van der Waals surface area contributed by atoms with Crippen molar-refractivity contribution in [2.24, 2.45) is 11.8 Å². The van der Waals surface area contributed by atoms with Crippen molar-refractivity contribution in [3.8, 4) is 0 Å². The molecule has 3 rings (SSSR count). The number of H-pyrrole nitrogens is 1. The molecule has 2 heterocycles. The smallest absolute Gasteiger partial charge is 0.330 e. The van der Waals surface area contributed by atoms with Crippen LogP contribution in [0, 0.1) is 11.8 Å². The Morgan fingerprint density at radius 3 is 3.00 bits per heavy atom. The van der Waals surface area contributed by atoms with Crippen LogP contribution in [0.4, 0.5) is 0 Å². The number of nitrogens with one attached hydrogen (secondary N) is 1. The highest BCUT2D eigenvalue weighted by molar-refractivity contribution is 5.09. The first-order chi connectivity index (χ1) is 7.67. The topological polar surface area (TPSA) is 84.3 Å². The second kappa shape index (κ2) is 3.05. The van der Waals surface area contributed by atoms with Gasteiger partial charge < -0.3 is 9.84 Å². The first-order valence-corrected chi connectivity index (χ1v) is 5.25. The zero-order chi connectivity index (χ0) is 11.3. The summed E-state index contributed by atoms with van der Waals surface area (Å²) >= 11 is 0. The Balaban J connectivity index is 2.01. The molecule has 1 aromatic rings. The Morgan fingerprint density at radius 1 is 1.62 bits per heavy atom. The summed E-state index contributed by atoms with van der Waals surface area (Å²) in [6, 6.07) is 1.31. The highest BCUT2D eigenvalue weighted by atomic mass is 16.5. The number of aliphatic hydroxyl groups excluding tert-OH is 1. The summed E-state index contributed by atoms with van der Waals surface area (Å²) in [6.07, 6.45) is 2.19. The number of fused-ring (bicyclic) bond motifs is 1. The minimum Gasteiger partial charge on any atom is -0.396 e. The third-order valence-electron chi connectivity index (χ3n) is 3.51. The molecular formula is C10H12N2O4. The van der Waals surface area contributed by atoms with Crippen LogP contribution in [0.5, 0.6) is 0 Å². The number of hydrogen-bond donors (Lipinski definition) is 2. The lowest BCUT2D eigenvalue weighted by Gasteiger charge is -2.14. The van der Waals surface area contributed by atoms with Gasteiger partial charge in [-0.15, -0.1) is 0 Å². The second-order valence-electron chi connectivity index (χ2n) is 4.39.